The van der Waals surface area contributed by atoms with Gasteiger partial charge in [0.15, 0.2) is 8.07 Å². The summed E-state index contributed by atoms with van der Waals surface area (Å²) < 4.78 is 5.76. The molecule has 0 spiro atoms. The molecular formula is C26H29BrO2Si. The standard InChI is InChI=1S/C26H29BrO2Si/c1-20(12-11-17-25(28)29-3)26(23-15-9-10-16-24(23)27)21(2)18-19-30(4,5)22-13-7-6-8-14-22/h6-10,13-16,20-21,26H,17H2,1-5H3/t20-,21-,26-/m1/s1. The number of carbonyl (C=O) groups excluding carboxylic acids is 1. The Morgan fingerprint density at radius 1 is 1.00 bits per heavy atom. The molecule has 0 aliphatic heterocycles. The van der Waals surface area contributed by atoms with Crippen molar-refractivity contribution in [3.05, 3.63) is 64.6 Å². The molecule has 0 heterocycles. The Kier molecular flexibility index (Phi) is 8.97. The number of methoxy groups -OCH3 is 1. The third-order valence-corrected chi connectivity index (χ3v) is 8.51. The van der Waals surface area contributed by atoms with Gasteiger partial charge in [-0.1, -0.05) is 103 Å². The quantitative estimate of drug-likeness (QED) is 0.319. The van der Waals surface area contributed by atoms with E-state index in [1.54, 1.807) is 0 Å². The van der Waals surface area contributed by atoms with E-state index in [0.717, 1.165) is 4.47 Å². The lowest BCUT2D eigenvalue weighted by molar-refractivity contribution is -0.139. The minimum absolute atomic E-state index is 0.0409. The lowest BCUT2D eigenvalue weighted by Gasteiger charge is -2.26. The molecule has 2 rings (SSSR count). The first-order valence-corrected chi connectivity index (χ1v) is 13.9. The largest absolute Gasteiger partial charge is 0.468 e. The van der Waals surface area contributed by atoms with Crippen LogP contribution in [-0.2, 0) is 9.53 Å². The van der Waals surface area contributed by atoms with Crippen molar-refractivity contribution in [2.45, 2.75) is 39.3 Å². The summed E-state index contributed by atoms with van der Waals surface area (Å²) in [5, 5.41) is 1.34. The van der Waals surface area contributed by atoms with E-state index in [-0.39, 0.29) is 30.1 Å². The summed E-state index contributed by atoms with van der Waals surface area (Å²) in [6.07, 6.45) is 0.109. The Balaban J connectivity index is 2.35. The summed E-state index contributed by atoms with van der Waals surface area (Å²) in [5.74, 6) is 9.77. The fourth-order valence-electron chi connectivity index (χ4n) is 3.47. The zero-order valence-electron chi connectivity index (χ0n) is 18.3. The monoisotopic (exact) mass is 480 g/mol. The number of hydrogen-bond donors (Lipinski definition) is 0. The van der Waals surface area contributed by atoms with Crippen molar-refractivity contribution in [2.24, 2.45) is 11.8 Å². The van der Waals surface area contributed by atoms with Gasteiger partial charge in [0.1, 0.15) is 6.42 Å². The number of rotatable bonds is 5. The van der Waals surface area contributed by atoms with Crippen LogP contribution in [0.15, 0.2) is 59.1 Å². The average Bonchev–Trinajstić information content (AvgIpc) is 2.74. The van der Waals surface area contributed by atoms with Crippen molar-refractivity contribution in [2.75, 3.05) is 7.11 Å². The lowest BCUT2D eigenvalue weighted by atomic mass is 9.79. The highest BCUT2D eigenvalue weighted by atomic mass is 79.9. The highest BCUT2D eigenvalue weighted by molar-refractivity contribution is 9.10. The SMILES string of the molecule is COC(=O)CC#C[C@@H](C)[C@@H](c1ccccc1Br)[C@H](C)C#C[Si](C)(C)c1ccccc1. The molecule has 0 bridgehead atoms. The third-order valence-electron chi connectivity index (χ3n) is 5.24. The Morgan fingerprint density at radius 3 is 2.23 bits per heavy atom. The first-order chi connectivity index (χ1) is 14.3. The zero-order valence-corrected chi connectivity index (χ0v) is 20.9. The van der Waals surface area contributed by atoms with Crippen LogP contribution in [0.2, 0.25) is 13.1 Å². The van der Waals surface area contributed by atoms with Crippen LogP contribution in [0.3, 0.4) is 0 Å². The molecule has 3 atom stereocenters. The second-order valence-electron chi connectivity index (χ2n) is 7.96. The van der Waals surface area contributed by atoms with Gasteiger partial charge in [0.05, 0.1) is 7.11 Å². The second-order valence-corrected chi connectivity index (χ2v) is 12.9. The molecule has 4 heteroatoms. The smallest absolute Gasteiger partial charge is 0.317 e. The van der Waals surface area contributed by atoms with Crippen LogP contribution in [0.25, 0.3) is 0 Å². The van der Waals surface area contributed by atoms with E-state index in [1.165, 1.54) is 17.9 Å². The zero-order chi connectivity index (χ0) is 22.1. The molecule has 0 radical (unpaired) electrons. The van der Waals surface area contributed by atoms with Gasteiger partial charge < -0.3 is 4.74 Å². The Labute approximate surface area is 190 Å². The van der Waals surface area contributed by atoms with E-state index in [9.17, 15) is 4.79 Å². The van der Waals surface area contributed by atoms with Crippen LogP contribution in [-0.4, -0.2) is 21.2 Å². The number of hydrogen-bond acceptors (Lipinski definition) is 2. The number of ether oxygens (including phenoxy) is 1. The van der Waals surface area contributed by atoms with Gasteiger partial charge in [-0.3, -0.25) is 4.79 Å². The number of carbonyl (C=O) groups is 1. The Bertz CT molecular complexity index is 977. The molecular weight excluding hydrogens is 452 g/mol. The van der Waals surface area contributed by atoms with Gasteiger partial charge in [-0.2, -0.15) is 0 Å². The second kappa shape index (κ2) is 11.2. The molecule has 2 nitrogen and oxygen atoms in total. The molecule has 156 valence electrons. The molecule has 0 saturated carbocycles. The van der Waals surface area contributed by atoms with E-state index in [0.29, 0.717) is 0 Å². The van der Waals surface area contributed by atoms with Crippen LogP contribution in [0.1, 0.15) is 31.7 Å². The molecule has 0 fully saturated rings. The van der Waals surface area contributed by atoms with E-state index >= 15 is 0 Å². The lowest BCUT2D eigenvalue weighted by Crippen LogP contribution is -2.40. The summed E-state index contributed by atoms with van der Waals surface area (Å²) in [6.45, 7) is 8.85. The molecule has 0 aliphatic rings. The molecule has 0 saturated heterocycles. The first kappa shape index (κ1) is 24.0. The van der Waals surface area contributed by atoms with Crippen LogP contribution in [0, 0.1) is 35.1 Å². The highest BCUT2D eigenvalue weighted by Gasteiger charge is 2.26. The molecule has 0 aromatic heterocycles. The molecule has 30 heavy (non-hydrogen) atoms. The first-order valence-electron chi connectivity index (χ1n) is 10.1. The van der Waals surface area contributed by atoms with E-state index < -0.39 is 8.07 Å². The minimum Gasteiger partial charge on any atom is -0.468 e. The maximum absolute atomic E-state index is 11.4. The summed E-state index contributed by atoms with van der Waals surface area (Å²) in [6, 6.07) is 18.8. The van der Waals surface area contributed by atoms with Gasteiger partial charge in [0.2, 0.25) is 0 Å². The van der Waals surface area contributed by atoms with Gasteiger partial charge in [-0.05, 0) is 16.8 Å². The van der Waals surface area contributed by atoms with Crippen LogP contribution < -0.4 is 5.19 Å². The molecule has 2 aromatic rings. The summed E-state index contributed by atoms with van der Waals surface area (Å²) in [5.41, 5.74) is 4.83. The Morgan fingerprint density at radius 2 is 1.60 bits per heavy atom. The van der Waals surface area contributed by atoms with Crippen molar-refractivity contribution >= 4 is 35.2 Å². The molecule has 0 N–H and O–H groups in total. The fourth-order valence-corrected chi connectivity index (χ4v) is 5.78. The normalized spacial score (nSPS) is 13.7. The summed E-state index contributed by atoms with van der Waals surface area (Å²) >= 11 is 3.70. The van der Waals surface area contributed by atoms with Crippen molar-refractivity contribution in [1.82, 2.24) is 0 Å². The van der Waals surface area contributed by atoms with E-state index in [2.05, 4.69) is 103 Å². The molecule has 0 amide bonds. The van der Waals surface area contributed by atoms with Crippen molar-refractivity contribution in [3.8, 4) is 23.3 Å². The molecule has 0 aliphatic carbocycles. The van der Waals surface area contributed by atoms with Gasteiger partial charge in [0.25, 0.3) is 0 Å². The maximum Gasteiger partial charge on any atom is 0.317 e. The van der Waals surface area contributed by atoms with Crippen LogP contribution in [0.4, 0.5) is 0 Å². The maximum atomic E-state index is 11.4. The van der Waals surface area contributed by atoms with E-state index in [4.69, 9.17) is 4.74 Å². The number of benzene rings is 2. The molecule has 0 unspecified atom stereocenters. The average molecular weight is 482 g/mol. The van der Waals surface area contributed by atoms with Crippen molar-refractivity contribution in [3.63, 3.8) is 0 Å². The van der Waals surface area contributed by atoms with Gasteiger partial charge in [0, 0.05) is 22.2 Å². The number of halogens is 1. The van der Waals surface area contributed by atoms with Crippen molar-refractivity contribution < 1.29 is 9.53 Å². The predicted octanol–water partition coefficient (Wildman–Crippen LogP) is 5.53. The van der Waals surface area contributed by atoms with Gasteiger partial charge >= 0.3 is 5.97 Å². The molecule has 2 aromatic carbocycles. The topological polar surface area (TPSA) is 26.3 Å². The van der Waals surface area contributed by atoms with Crippen LogP contribution >= 0.6 is 15.9 Å². The highest BCUT2D eigenvalue weighted by Crippen LogP contribution is 2.36. The number of esters is 1. The van der Waals surface area contributed by atoms with Gasteiger partial charge in [-0.25, -0.2) is 0 Å². The predicted molar refractivity (Wildman–Crippen MR) is 131 cm³/mol. The van der Waals surface area contributed by atoms with Crippen molar-refractivity contribution in [1.29, 1.82) is 0 Å². The summed E-state index contributed by atoms with van der Waals surface area (Å²) in [7, 11) is -0.470. The van der Waals surface area contributed by atoms with E-state index in [1.807, 2.05) is 18.2 Å². The van der Waals surface area contributed by atoms with Crippen LogP contribution in [0.5, 0.6) is 0 Å². The van der Waals surface area contributed by atoms with Gasteiger partial charge in [-0.15, -0.1) is 11.5 Å². The fraction of sp³-hybridized carbons (Fsp3) is 0.346. The third kappa shape index (κ3) is 6.63. The minimum atomic E-state index is -1.85. The Hall–Kier alpha value is -2.27. The summed E-state index contributed by atoms with van der Waals surface area (Å²) in [4.78, 5) is 11.4.